The van der Waals surface area contributed by atoms with E-state index in [1.54, 1.807) is 6.20 Å². The van der Waals surface area contributed by atoms with Crippen LogP contribution in [-0.2, 0) is 9.53 Å². The van der Waals surface area contributed by atoms with Crippen LogP contribution in [0.15, 0.2) is 34.9 Å². The van der Waals surface area contributed by atoms with Crippen LogP contribution in [0.3, 0.4) is 0 Å². The van der Waals surface area contributed by atoms with Crippen LogP contribution in [0.5, 0.6) is 0 Å². The van der Waals surface area contributed by atoms with Crippen molar-refractivity contribution < 1.29 is 13.9 Å². The molecule has 0 spiro atoms. The van der Waals surface area contributed by atoms with Gasteiger partial charge < -0.3 is 20.2 Å². The van der Waals surface area contributed by atoms with Gasteiger partial charge in [-0.05, 0) is 43.9 Å². The predicted molar refractivity (Wildman–Crippen MR) is 94.1 cm³/mol. The van der Waals surface area contributed by atoms with E-state index in [0.29, 0.717) is 24.8 Å². The average Bonchev–Trinajstić information content (AvgIpc) is 3.02. The summed E-state index contributed by atoms with van der Waals surface area (Å²) < 4.78 is 10.8. The van der Waals surface area contributed by atoms with Gasteiger partial charge in [-0.1, -0.05) is 6.07 Å². The molecule has 2 heterocycles. The number of hydrogen-bond acceptors (Lipinski definition) is 5. The van der Waals surface area contributed by atoms with Crippen LogP contribution < -0.4 is 11.1 Å². The van der Waals surface area contributed by atoms with Crippen LogP contribution in [0.25, 0.3) is 11.5 Å². The molecule has 1 aliphatic heterocycles. The molecule has 0 saturated carbocycles. The molecule has 6 nitrogen and oxygen atoms in total. The normalized spacial score (nSPS) is 16.2. The van der Waals surface area contributed by atoms with Crippen LogP contribution in [0, 0.1) is 12.8 Å². The number of anilines is 1. The van der Waals surface area contributed by atoms with E-state index in [1.165, 1.54) is 0 Å². The molecule has 1 aromatic heterocycles. The molecule has 1 aromatic carbocycles. The van der Waals surface area contributed by atoms with Crippen LogP contribution >= 0.6 is 12.4 Å². The minimum Gasteiger partial charge on any atom is -0.441 e. The second kappa shape index (κ2) is 8.28. The Labute approximate surface area is 147 Å². The third-order valence-corrected chi connectivity index (χ3v) is 4.07. The number of aryl methyl sites for hydroxylation is 1. The Balaban J connectivity index is 0.00000208. The Morgan fingerprint density at radius 1 is 1.38 bits per heavy atom. The average molecular weight is 352 g/mol. The zero-order valence-electron chi connectivity index (χ0n) is 13.5. The van der Waals surface area contributed by atoms with Gasteiger partial charge in [-0.15, -0.1) is 12.4 Å². The molecule has 3 rings (SSSR count). The first kappa shape index (κ1) is 18.4. The Morgan fingerprint density at radius 2 is 2.12 bits per heavy atom. The molecule has 0 radical (unpaired) electrons. The number of hydrogen-bond donors (Lipinski definition) is 2. The van der Waals surface area contributed by atoms with Gasteiger partial charge in [0, 0.05) is 24.5 Å². The van der Waals surface area contributed by atoms with Crippen molar-refractivity contribution in [2.24, 2.45) is 11.7 Å². The topological polar surface area (TPSA) is 90.4 Å². The molecule has 130 valence electrons. The lowest BCUT2D eigenvalue weighted by Crippen LogP contribution is -2.44. The molecule has 1 fully saturated rings. The van der Waals surface area contributed by atoms with Crippen molar-refractivity contribution in [1.82, 2.24) is 4.98 Å². The number of amides is 1. The number of nitrogens with one attached hydrogen (secondary N) is 1. The van der Waals surface area contributed by atoms with Crippen molar-refractivity contribution in [2.75, 3.05) is 18.5 Å². The SMILES string of the molecule is Cc1cnc(-c2cccc(NC(=O)C(N)C3CCOCC3)c2)o1.Cl. The Kier molecular flexibility index (Phi) is 6.36. The molecule has 0 aliphatic carbocycles. The van der Waals surface area contributed by atoms with Gasteiger partial charge in [0.25, 0.3) is 0 Å². The maximum atomic E-state index is 12.3. The second-order valence-corrected chi connectivity index (χ2v) is 5.82. The number of rotatable bonds is 4. The van der Waals surface area contributed by atoms with E-state index in [-0.39, 0.29) is 24.2 Å². The van der Waals surface area contributed by atoms with Crippen LogP contribution in [0.1, 0.15) is 18.6 Å². The first-order valence-corrected chi connectivity index (χ1v) is 7.80. The number of halogens is 1. The minimum absolute atomic E-state index is 0. The number of oxazole rings is 1. The van der Waals surface area contributed by atoms with Crippen molar-refractivity contribution in [3.8, 4) is 11.5 Å². The summed E-state index contributed by atoms with van der Waals surface area (Å²) in [5.41, 5.74) is 7.60. The molecule has 2 aromatic rings. The van der Waals surface area contributed by atoms with Crippen molar-refractivity contribution in [1.29, 1.82) is 0 Å². The number of carbonyl (C=O) groups is 1. The Morgan fingerprint density at radius 3 is 2.79 bits per heavy atom. The maximum Gasteiger partial charge on any atom is 0.241 e. The van der Waals surface area contributed by atoms with E-state index in [9.17, 15) is 4.79 Å². The molecule has 1 unspecified atom stereocenters. The zero-order valence-corrected chi connectivity index (χ0v) is 14.3. The molecule has 1 saturated heterocycles. The largest absolute Gasteiger partial charge is 0.441 e. The van der Waals surface area contributed by atoms with E-state index >= 15 is 0 Å². The summed E-state index contributed by atoms with van der Waals surface area (Å²) in [7, 11) is 0. The van der Waals surface area contributed by atoms with Gasteiger partial charge >= 0.3 is 0 Å². The number of ether oxygens (including phenoxy) is 1. The van der Waals surface area contributed by atoms with Crippen molar-refractivity contribution in [2.45, 2.75) is 25.8 Å². The van der Waals surface area contributed by atoms with Crippen LogP contribution in [-0.4, -0.2) is 30.1 Å². The highest BCUT2D eigenvalue weighted by Crippen LogP contribution is 2.23. The fraction of sp³-hybridized carbons (Fsp3) is 0.412. The quantitative estimate of drug-likeness (QED) is 0.883. The lowest BCUT2D eigenvalue weighted by Gasteiger charge is -2.26. The van der Waals surface area contributed by atoms with Gasteiger partial charge in [0.2, 0.25) is 11.8 Å². The summed E-state index contributed by atoms with van der Waals surface area (Å²) in [5, 5.41) is 2.88. The second-order valence-electron chi connectivity index (χ2n) is 5.82. The highest BCUT2D eigenvalue weighted by atomic mass is 35.5. The number of nitrogens with zero attached hydrogens (tertiary/aromatic N) is 1. The third-order valence-electron chi connectivity index (χ3n) is 4.07. The lowest BCUT2D eigenvalue weighted by molar-refractivity contribution is -0.119. The fourth-order valence-electron chi connectivity index (χ4n) is 2.73. The molecule has 3 N–H and O–H groups in total. The number of nitrogens with two attached hydrogens (primary N) is 1. The van der Waals surface area contributed by atoms with Gasteiger partial charge in [-0.3, -0.25) is 4.79 Å². The van der Waals surface area contributed by atoms with E-state index in [2.05, 4.69) is 10.3 Å². The molecule has 1 aliphatic rings. The number of carbonyl (C=O) groups excluding carboxylic acids is 1. The Bertz CT molecular complexity index is 683. The van der Waals surface area contributed by atoms with E-state index in [0.717, 1.165) is 24.2 Å². The highest BCUT2D eigenvalue weighted by Gasteiger charge is 2.26. The first-order valence-electron chi connectivity index (χ1n) is 7.80. The van der Waals surface area contributed by atoms with Crippen molar-refractivity contribution >= 4 is 24.0 Å². The molecule has 0 bridgehead atoms. The fourth-order valence-corrected chi connectivity index (χ4v) is 2.73. The monoisotopic (exact) mass is 351 g/mol. The molecule has 24 heavy (non-hydrogen) atoms. The number of benzene rings is 1. The van der Waals surface area contributed by atoms with E-state index in [1.807, 2.05) is 31.2 Å². The summed E-state index contributed by atoms with van der Waals surface area (Å²) in [5.74, 6) is 1.28. The van der Waals surface area contributed by atoms with Gasteiger partial charge in [0.1, 0.15) is 5.76 Å². The molecular weight excluding hydrogens is 330 g/mol. The Hall–Kier alpha value is -1.89. The lowest BCUT2D eigenvalue weighted by atomic mass is 9.92. The summed E-state index contributed by atoms with van der Waals surface area (Å²) in [6.45, 7) is 3.18. The first-order chi connectivity index (χ1) is 11.1. The van der Waals surface area contributed by atoms with E-state index in [4.69, 9.17) is 14.9 Å². The molecule has 1 amide bonds. The summed E-state index contributed by atoms with van der Waals surface area (Å²) in [4.78, 5) is 16.5. The maximum absolute atomic E-state index is 12.3. The molecule has 7 heteroatoms. The van der Waals surface area contributed by atoms with Gasteiger partial charge in [-0.2, -0.15) is 0 Å². The van der Waals surface area contributed by atoms with Gasteiger partial charge in [0.05, 0.1) is 12.2 Å². The van der Waals surface area contributed by atoms with Crippen LogP contribution in [0.2, 0.25) is 0 Å². The molecule has 1 atom stereocenters. The number of aromatic nitrogens is 1. The summed E-state index contributed by atoms with van der Waals surface area (Å²) >= 11 is 0. The minimum atomic E-state index is -0.522. The summed E-state index contributed by atoms with van der Waals surface area (Å²) in [6.07, 6.45) is 3.32. The van der Waals surface area contributed by atoms with Gasteiger partial charge in [-0.25, -0.2) is 4.98 Å². The smallest absolute Gasteiger partial charge is 0.241 e. The zero-order chi connectivity index (χ0) is 16.2. The summed E-state index contributed by atoms with van der Waals surface area (Å²) in [6, 6.07) is 6.88. The standard InChI is InChI=1S/C17H21N3O3.ClH/c1-11-10-19-17(23-11)13-3-2-4-14(9-13)20-16(21)15(18)12-5-7-22-8-6-12;/h2-4,9-10,12,15H,5-8,18H2,1H3,(H,20,21);1H. The van der Waals surface area contributed by atoms with Gasteiger partial charge in [0.15, 0.2) is 0 Å². The third kappa shape index (κ3) is 4.35. The van der Waals surface area contributed by atoms with Crippen molar-refractivity contribution in [3.63, 3.8) is 0 Å². The molecular formula is C17H22ClN3O3. The predicted octanol–water partition coefficient (Wildman–Crippen LogP) is 2.76. The van der Waals surface area contributed by atoms with E-state index < -0.39 is 6.04 Å². The van der Waals surface area contributed by atoms with Crippen LogP contribution in [0.4, 0.5) is 5.69 Å². The van der Waals surface area contributed by atoms with Crippen molar-refractivity contribution in [3.05, 3.63) is 36.2 Å². The highest BCUT2D eigenvalue weighted by molar-refractivity contribution is 5.95.